The maximum Gasteiger partial charge on any atom is 0.0602 e. The van der Waals surface area contributed by atoms with Crippen molar-refractivity contribution in [3.63, 3.8) is 0 Å². The van der Waals surface area contributed by atoms with Gasteiger partial charge in [-0.15, -0.1) is 45.3 Å². The molecule has 0 bridgehead atoms. The molecule has 0 aliphatic carbocycles. The van der Waals surface area contributed by atoms with Crippen LogP contribution in [0.3, 0.4) is 0 Å². The summed E-state index contributed by atoms with van der Waals surface area (Å²) < 4.78 is 0. The summed E-state index contributed by atoms with van der Waals surface area (Å²) in [7, 11) is 0. The number of hydrogen-bond acceptors (Lipinski definition) is 6. The normalized spacial score (nSPS) is 12.3. The molecule has 6 heteroatoms. The number of rotatable bonds is 10. The van der Waals surface area contributed by atoms with E-state index in [1.165, 1.54) is 98.5 Å². The number of fused-ring (bicyclic) bond motifs is 2. The largest absolute Gasteiger partial charge is 0.308 e. The molecule has 4 aromatic heterocycles. The van der Waals surface area contributed by atoms with Gasteiger partial charge in [-0.3, -0.25) is 0 Å². The van der Waals surface area contributed by atoms with Gasteiger partial charge in [-0.2, -0.15) is 0 Å². The van der Waals surface area contributed by atoms with Crippen LogP contribution in [0.5, 0.6) is 0 Å². The Kier molecular flexibility index (Phi) is 8.72. The first-order chi connectivity index (χ1) is 22.7. The van der Waals surface area contributed by atoms with Gasteiger partial charge in [0, 0.05) is 44.7 Å². The second-order valence-electron chi connectivity index (χ2n) is 11.6. The average Bonchev–Trinajstić information content (AvgIpc) is 3.92. The van der Waals surface area contributed by atoms with Crippen LogP contribution in [-0.4, -0.2) is 0 Å². The Hall–Kier alpha value is -3.39. The molecule has 7 aromatic rings. The summed E-state index contributed by atoms with van der Waals surface area (Å²) in [5.41, 5.74) is 7.69. The third-order valence-electron chi connectivity index (χ3n) is 8.44. The van der Waals surface area contributed by atoms with Crippen LogP contribution in [0.25, 0.3) is 40.4 Å². The van der Waals surface area contributed by atoms with Gasteiger partial charge in [-0.05, 0) is 113 Å². The van der Waals surface area contributed by atoms with Gasteiger partial charge in [0.15, 0.2) is 0 Å². The van der Waals surface area contributed by atoms with E-state index < -0.39 is 0 Å². The van der Waals surface area contributed by atoms with E-state index in [2.05, 4.69) is 132 Å². The zero-order chi connectivity index (χ0) is 30.9. The molecular formula is C40H33NS5. The van der Waals surface area contributed by atoms with Crippen molar-refractivity contribution in [2.24, 2.45) is 0 Å². The average molecular weight is 688 g/mol. The molecule has 0 unspecified atom stereocenters. The first-order valence-corrected chi connectivity index (χ1v) is 20.1. The molecule has 0 saturated heterocycles. The van der Waals surface area contributed by atoms with Crippen molar-refractivity contribution in [3.05, 3.63) is 126 Å². The van der Waals surface area contributed by atoms with Crippen LogP contribution in [0.15, 0.2) is 130 Å². The fraction of sp³-hybridized carbons (Fsp3) is 0.150. The first kappa shape index (κ1) is 30.0. The lowest BCUT2D eigenvalue weighted by molar-refractivity contribution is 0.667. The van der Waals surface area contributed by atoms with Gasteiger partial charge in [0.2, 0.25) is 0 Å². The van der Waals surface area contributed by atoms with Gasteiger partial charge in [0.1, 0.15) is 0 Å². The molecule has 1 aliphatic heterocycles. The van der Waals surface area contributed by atoms with Crippen LogP contribution in [0.2, 0.25) is 0 Å². The van der Waals surface area contributed by atoms with E-state index in [9.17, 15) is 0 Å². The van der Waals surface area contributed by atoms with Crippen molar-refractivity contribution in [3.8, 4) is 40.4 Å². The maximum absolute atomic E-state index is 2.46. The Balaban J connectivity index is 1.16. The maximum atomic E-state index is 2.46. The Morgan fingerprint density at radius 2 is 1.09 bits per heavy atom. The minimum absolute atomic E-state index is 1.15. The quantitative estimate of drug-likeness (QED) is 0.132. The van der Waals surface area contributed by atoms with Gasteiger partial charge < -0.3 is 4.90 Å². The summed E-state index contributed by atoms with van der Waals surface area (Å²) in [6.07, 6.45) is 6.32. The summed E-state index contributed by atoms with van der Waals surface area (Å²) in [6, 6.07) is 41.1. The highest BCUT2D eigenvalue weighted by Gasteiger charge is 2.26. The van der Waals surface area contributed by atoms with Crippen molar-refractivity contribution < 1.29 is 0 Å². The third-order valence-corrected chi connectivity index (χ3v) is 13.9. The lowest BCUT2D eigenvalue weighted by Gasteiger charge is -2.33. The van der Waals surface area contributed by atoms with Crippen molar-refractivity contribution in [1.29, 1.82) is 0 Å². The molecule has 46 heavy (non-hydrogen) atoms. The molecule has 3 aromatic carbocycles. The van der Waals surface area contributed by atoms with Crippen LogP contribution in [0.4, 0.5) is 17.1 Å². The minimum Gasteiger partial charge on any atom is -0.308 e. The van der Waals surface area contributed by atoms with Crippen LogP contribution in [0.1, 0.15) is 38.2 Å². The predicted octanol–water partition coefficient (Wildman–Crippen LogP) is 14.7. The van der Waals surface area contributed by atoms with Crippen LogP contribution in [-0.2, 0) is 6.42 Å². The minimum atomic E-state index is 1.15. The summed E-state index contributed by atoms with van der Waals surface area (Å²) in [4.78, 5) is 13.0. The standard InChI is InChI=1S/C40H33NS5/c1-2-3-4-5-8-27-11-15-30(16-12-27)41-31-17-13-28(33-19-21-37(44-33)35-9-6-23-42-35)25-39(31)46-40-26-29(14-18-32(40)41)34-20-22-38(45-34)36-10-7-24-43-36/h6-7,9-26H,2-5,8H2,1H3. The Morgan fingerprint density at radius 3 is 1.61 bits per heavy atom. The number of nitrogens with zero attached hydrogens (tertiary/aromatic N) is 1. The number of benzene rings is 3. The zero-order valence-electron chi connectivity index (χ0n) is 25.6. The smallest absolute Gasteiger partial charge is 0.0602 e. The fourth-order valence-corrected chi connectivity index (χ4v) is 10.9. The van der Waals surface area contributed by atoms with Crippen molar-refractivity contribution in [2.75, 3.05) is 4.90 Å². The SMILES string of the molecule is CCCCCCc1ccc(N2c3ccc(-c4ccc(-c5cccs5)s4)cc3Sc3cc(-c4ccc(-c5cccs5)s4)ccc32)cc1. The second-order valence-corrected chi connectivity index (χ2v) is 16.7. The molecule has 0 atom stereocenters. The number of aryl methyl sites for hydroxylation is 1. The van der Waals surface area contributed by atoms with E-state index in [4.69, 9.17) is 0 Å². The van der Waals surface area contributed by atoms with E-state index in [0.29, 0.717) is 0 Å². The van der Waals surface area contributed by atoms with Gasteiger partial charge in [-0.25, -0.2) is 0 Å². The van der Waals surface area contributed by atoms with Gasteiger partial charge >= 0.3 is 0 Å². The summed E-state index contributed by atoms with van der Waals surface area (Å²) >= 11 is 9.27. The highest BCUT2D eigenvalue weighted by molar-refractivity contribution is 7.99. The van der Waals surface area contributed by atoms with E-state index >= 15 is 0 Å². The monoisotopic (exact) mass is 687 g/mol. The second kappa shape index (κ2) is 13.4. The van der Waals surface area contributed by atoms with Gasteiger partial charge in [0.05, 0.1) is 11.4 Å². The van der Waals surface area contributed by atoms with Gasteiger partial charge in [-0.1, -0.05) is 74.3 Å². The Bertz CT molecular complexity index is 1940. The molecule has 1 nitrogen and oxygen atoms in total. The van der Waals surface area contributed by atoms with E-state index in [-0.39, 0.29) is 0 Å². The first-order valence-electron chi connectivity index (χ1n) is 15.9. The van der Waals surface area contributed by atoms with Crippen molar-refractivity contribution >= 4 is 74.2 Å². The third kappa shape index (κ3) is 6.05. The van der Waals surface area contributed by atoms with E-state index in [1.807, 2.05) is 34.4 Å². The molecule has 0 amide bonds. The zero-order valence-corrected chi connectivity index (χ0v) is 29.7. The summed E-state index contributed by atoms with van der Waals surface area (Å²) in [5, 5.41) is 4.31. The Labute approximate surface area is 291 Å². The van der Waals surface area contributed by atoms with E-state index in [0.717, 1.165) is 6.42 Å². The molecule has 0 radical (unpaired) electrons. The molecule has 5 heterocycles. The topological polar surface area (TPSA) is 3.24 Å². The molecule has 8 rings (SSSR count). The van der Waals surface area contributed by atoms with E-state index in [1.54, 1.807) is 22.7 Å². The molecule has 0 N–H and O–H groups in total. The van der Waals surface area contributed by atoms with Crippen molar-refractivity contribution in [2.45, 2.75) is 48.8 Å². The molecule has 0 saturated carbocycles. The highest BCUT2D eigenvalue weighted by atomic mass is 32.2. The number of thiophene rings is 4. The van der Waals surface area contributed by atoms with Crippen LogP contribution >= 0.6 is 57.1 Å². The van der Waals surface area contributed by atoms with Crippen LogP contribution in [0, 0.1) is 0 Å². The summed E-state index contributed by atoms with van der Waals surface area (Å²) in [5.74, 6) is 0. The van der Waals surface area contributed by atoms with Crippen LogP contribution < -0.4 is 4.90 Å². The lowest BCUT2D eigenvalue weighted by Crippen LogP contribution is -2.15. The Morgan fingerprint density at radius 1 is 0.522 bits per heavy atom. The number of unbranched alkanes of at least 4 members (excludes halogenated alkanes) is 3. The molecule has 228 valence electrons. The predicted molar refractivity (Wildman–Crippen MR) is 206 cm³/mol. The van der Waals surface area contributed by atoms with Crippen molar-refractivity contribution in [1.82, 2.24) is 0 Å². The highest BCUT2D eigenvalue weighted by Crippen LogP contribution is 2.54. The molecular weight excluding hydrogens is 655 g/mol. The molecule has 0 fully saturated rings. The fourth-order valence-electron chi connectivity index (χ4n) is 6.05. The summed E-state index contributed by atoms with van der Waals surface area (Å²) in [6.45, 7) is 2.28. The number of hydrogen-bond donors (Lipinski definition) is 0. The molecule has 0 spiro atoms. The number of anilines is 3. The molecule has 1 aliphatic rings. The van der Waals surface area contributed by atoms with Gasteiger partial charge in [0.25, 0.3) is 0 Å². The lowest BCUT2D eigenvalue weighted by atomic mass is 10.0.